The Kier molecular flexibility index (Phi) is 3.95. The van der Waals surface area contributed by atoms with Crippen molar-refractivity contribution < 1.29 is 17.9 Å². The predicted molar refractivity (Wildman–Crippen MR) is 92.8 cm³/mol. The van der Waals surface area contributed by atoms with E-state index in [0.29, 0.717) is 10.6 Å². The number of ether oxygens (including phenoxy) is 1. The molecular weight excluding hydrogens is 350 g/mol. The predicted octanol–water partition coefficient (Wildman–Crippen LogP) is 2.27. The molecule has 2 N–H and O–H groups in total. The Balaban J connectivity index is 1.73. The van der Waals surface area contributed by atoms with Crippen molar-refractivity contribution in [2.45, 2.75) is 36.5 Å². The molecule has 1 aromatic carbocycles. The van der Waals surface area contributed by atoms with Crippen LogP contribution in [0, 0.1) is 0 Å². The van der Waals surface area contributed by atoms with Crippen LogP contribution in [-0.4, -0.2) is 48.3 Å². The van der Waals surface area contributed by atoms with Crippen molar-refractivity contribution in [2.75, 3.05) is 18.8 Å². The zero-order valence-corrected chi connectivity index (χ0v) is 15.3. The highest BCUT2D eigenvalue weighted by Gasteiger charge is 2.42. The smallest absolute Gasteiger partial charge is 0.410 e. The summed E-state index contributed by atoms with van der Waals surface area (Å²) in [6, 6.07) is 4.78. The van der Waals surface area contributed by atoms with Gasteiger partial charge in [0.15, 0.2) is 15.0 Å². The summed E-state index contributed by atoms with van der Waals surface area (Å²) in [5.41, 5.74) is 5.73. The number of likely N-dealkylation sites (tertiary alicyclic amines) is 1. The van der Waals surface area contributed by atoms with Crippen molar-refractivity contribution in [3.8, 4) is 0 Å². The first-order valence-electron chi connectivity index (χ1n) is 7.44. The lowest BCUT2D eigenvalue weighted by Gasteiger charge is -2.39. The van der Waals surface area contributed by atoms with Crippen LogP contribution in [0.4, 0.5) is 9.93 Å². The van der Waals surface area contributed by atoms with E-state index in [4.69, 9.17) is 10.5 Å². The molecule has 0 bridgehead atoms. The third kappa shape index (κ3) is 3.18. The summed E-state index contributed by atoms with van der Waals surface area (Å²) < 4.78 is 31.4. The maximum absolute atomic E-state index is 12.7. The number of nitrogens with two attached hydrogens (primary N) is 1. The highest BCUT2D eigenvalue weighted by Crippen LogP contribution is 2.30. The van der Waals surface area contributed by atoms with Gasteiger partial charge in [0.05, 0.1) is 15.1 Å². The zero-order valence-electron chi connectivity index (χ0n) is 13.6. The highest BCUT2D eigenvalue weighted by atomic mass is 32.2. The van der Waals surface area contributed by atoms with Gasteiger partial charge in [-0.15, -0.1) is 0 Å². The molecule has 3 rings (SSSR count). The molecule has 1 amide bonds. The zero-order chi connectivity index (χ0) is 17.7. The fourth-order valence-corrected chi connectivity index (χ4v) is 4.93. The van der Waals surface area contributed by atoms with Crippen LogP contribution < -0.4 is 5.73 Å². The van der Waals surface area contributed by atoms with E-state index in [-0.39, 0.29) is 18.0 Å². The number of hydrogen-bond acceptors (Lipinski definition) is 7. The number of carbonyl (C=O) groups is 1. The summed E-state index contributed by atoms with van der Waals surface area (Å²) in [6.07, 6.45) is -0.486. The van der Waals surface area contributed by atoms with E-state index in [9.17, 15) is 13.2 Å². The molecule has 1 aliphatic rings. The largest absolute Gasteiger partial charge is 0.444 e. The number of aromatic nitrogens is 1. The second-order valence-corrected chi connectivity index (χ2v) is 10.0. The Bertz CT molecular complexity index is 893. The van der Waals surface area contributed by atoms with E-state index in [0.717, 1.165) is 4.70 Å². The standard InChI is InChI=1S/C15H19N3O4S2/c1-15(2,3)22-14(19)18-7-10(8-18)24(20,21)9-4-5-11-12(6-9)23-13(16)17-11/h4-6,10H,7-8H2,1-3H3,(H2,16,17). The Hall–Kier alpha value is -1.87. The summed E-state index contributed by atoms with van der Waals surface area (Å²) in [4.78, 5) is 17.7. The minimum Gasteiger partial charge on any atom is -0.444 e. The summed E-state index contributed by atoms with van der Waals surface area (Å²) >= 11 is 1.25. The van der Waals surface area contributed by atoms with Gasteiger partial charge < -0.3 is 15.4 Å². The van der Waals surface area contributed by atoms with Crippen LogP contribution in [0.25, 0.3) is 10.2 Å². The third-order valence-corrected chi connectivity index (χ3v) is 6.58. The Morgan fingerprint density at radius 3 is 2.67 bits per heavy atom. The van der Waals surface area contributed by atoms with Crippen LogP contribution >= 0.6 is 11.3 Å². The minimum atomic E-state index is -3.51. The number of hydrogen-bond donors (Lipinski definition) is 1. The van der Waals surface area contributed by atoms with Gasteiger partial charge in [-0.05, 0) is 39.0 Å². The van der Waals surface area contributed by atoms with Gasteiger partial charge in [-0.2, -0.15) is 0 Å². The third-order valence-electron chi connectivity index (χ3n) is 3.64. The average molecular weight is 369 g/mol. The first-order chi connectivity index (χ1) is 11.1. The van der Waals surface area contributed by atoms with E-state index >= 15 is 0 Å². The van der Waals surface area contributed by atoms with Crippen LogP contribution in [0.3, 0.4) is 0 Å². The topological polar surface area (TPSA) is 103 Å². The van der Waals surface area contributed by atoms with Gasteiger partial charge in [-0.25, -0.2) is 18.2 Å². The molecule has 1 fully saturated rings. The van der Waals surface area contributed by atoms with Crippen LogP contribution in [-0.2, 0) is 14.6 Å². The van der Waals surface area contributed by atoms with Crippen molar-refractivity contribution in [3.05, 3.63) is 18.2 Å². The SMILES string of the molecule is CC(C)(C)OC(=O)N1CC(S(=O)(=O)c2ccc3nc(N)sc3c2)C1. The normalized spacial score (nSPS) is 16.2. The molecule has 1 saturated heterocycles. The molecule has 0 saturated carbocycles. The number of thiazole rings is 1. The fraction of sp³-hybridized carbons (Fsp3) is 0.467. The van der Waals surface area contributed by atoms with E-state index < -0.39 is 26.8 Å². The number of carbonyl (C=O) groups excluding carboxylic acids is 1. The number of nitrogen functional groups attached to an aromatic ring is 1. The molecule has 130 valence electrons. The lowest BCUT2D eigenvalue weighted by molar-refractivity contribution is 0.0139. The lowest BCUT2D eigenvalue weighted by Crippen LogP contribution is -2.57. The van der Waals surface area contributed by atoms with Crippen molar-refractivity contribution in [3.63, 3.8) is 0 Å². The van der Waals surface area contributed by atoms with Gasteiger partial charge in [0.25, 0.3) is 0 Å². The number of nitrogens with zero attached hydrogens (tertiary/aromatic N) is 2. The monoisotopic (exact) mass is 369 g/mol. The molecule has 1 aliphatic heterocycles. The van der Waals surface area contributed by atoms with Gasteiger partial charge in [0.2, 0.25) is 0 Å². The number of rotatable bonds is 2. The van der Waals surface area contributed by atoms with Crippen molar-refractivity contribution in [1.29, 1.82) is 0 Å². The molecule has 9 heteroatoms. The molecular formula is C15H19N3O4S2. The number of amides is 1. The summed E-state index contributed by atoms with van der Waals surface area (Å²) in [5.74, 6) is 0. The second-order valence-electron chi connectivity index (χ2n) is 6.73. The van der Waals surface area contributed by atoms with Crippen LogP contribution in [0.2, 0.25) is 0 Å². The Morgan fingerprint density at radius 2 is 2.04 bits per heavy atom. The molecule has 0 unspecified atom stereocenters. The minimum absolute atomic E-state index is 0.139. The van der Waals surface area contributed by atoms with Crippen LogP contribution in [0.1, 0.15) is 20.8 Å². The van der Waals surface area contributed by atoms with Crippen molar-refractivity contribution in [2.24, 2.45) is 0 Å². The van der Waals surface area contributed by atoms with Gasteiger partial charge >= 0.3 is 6.09 Å². The molecule has 0 aliphatic carbocycles. The van der Waals surface area contributed by atoms with Gasteiger partial charge in [-0.1, -0.05) is 11.3 Å². The van der Waals surface area contributed by atoms with Gasteiger partial charge in [0.1, 0.15) is 10.9 Å². The van der Waals surface area contributed by atoms with Crippen LogP contribution in [0.15, 0.2) is 23.1 Å². The molecule has 24 heavy (non-hydrogen) atoms. The molecule has 0 spiro atoms. The molecule has 0 atom stereocenters. The van der Waals surface area contributed by atoms with E-state index in [1.807, 2.05) is 0 Å². The van der Waals surface area contributed by atoms with Crippen molar-refractivity contribution in [1.82, 2.24) is 9.88 Å². The second kappa shape index (κ2) is 5.59. The molecule has 7 nitrogen and oxygen atoms in total. The summed E-state index contributed by atoms with van der Waals surface area (Å²) in [5, 5.41) is -0.216. The number of anilines is 1. The van der Waals surface area contributed by atoms with Crippen LogP contribution in [0.5, 0.6) is 0 Å². The van der Waals surface area contributed by atoms with E-state index in [1.165, 1.54) is 22.3 Å². The first kappa shape index (κ1) is 17.0. The highest BCUT2D eigenvalue weighted by molar-refractivity contribution is 7.92. The van der Waals surface area contributed by atoms with Crippen molar-refractivity contribution >= 4 is 42.6 Å². The van der Waals surface area contributed by atoms with E-state index in [1.54, 1.807) is 32.9 Å². The Morgan fingerprint density at radius 1 is 1.38 bits per heavy atom. The maximum Gasteiger partial charge on any atom is 0.410 e. The molecule has 1 aromatic heterocycles. The first-order valence-corrected chi connectivity index (χ1v) is 9.80. The molecule has 2 aromatic rings. The van der Waals surface area contributed by atoms with Gasteiger partial charge in [-0.3, -0.25) is 0 Å². The summed E-state index contributed by atoms with van der Waals surface area (Å²) in [7, 11) is -3.51. The molecule has 2 heterocycles. The molecule has 0 radical (unpaired) electrons. The Labute approximate surface area is 144 Å². The fourth-order valence-electron chi connectivity index (χ4n) is 2.40. The average Bonchev–Trinajstić information content (AvgIpc) is 2.73. The van der Waals surface area contributed by atoms with E-state index in [2.05, 4.69) is 4.98 Å². The van der Waals surface area contributed by atoms with Gasteiger partial charge in [0, 0.05) is 13.1 Å². The number of fused-ring (bicyclic) bond motifs is 1. The maximum atomic E-state index is 12.7. The number of benzene rings is 1. The lowest BCUT2D eigenvalue weighted by atomic mass is 10.2. The summed E-state index contributed by atoms with van der Waals surface area (Å²) in [6.45, 7) is 5.60. The quantitative estimate of drug-likeness (QED) is 0.871. The number of sulfone groups is 1.